The van der Waals surface area contributed by atoms with E-state index in [0.717, 1.165) is 12.1 Å². The van der Waals surface area contributed by atoms with Gasteiger partial charge in [-0.15, -0.1) is 11.3 Å². The second-order valence-electron chi connectivity index (χ2n) is 4.41. The summed E-state index contributed by atoms with van der Waals surface area (Å²) in [6.45, 7) is 1.86. The third-order valence-corrected chi connectivity index (χ3v) is 3.76. The summed E-state index contributed by atoms with van der Waals surface area (Å²) in [7, 11) is 0. The number of likely N-dealkylation sites (tertiary alicyclic amines) is 1. The molecule has 0 saturated carbocycles. The Morgan fingerprint density at radius 2 is 2.06 bits per heavy atom. The quantitative estimate of drug-likeness (QED) is 0.676. The lowest BCUT2D eigenvalue weighted by Gasteiger charge is -2.12. The van der Waals surface area contributed by atoms with Crippen molar-refractivity contribution in [2.75, 3.05) is 19.7 Å². The summed E-state index contributed by atoms with van der Waals surface area (Å²) in [6.07, 6.45) is -0.766. The van der Waals surface area contributed by atoms with Crippen LogP contribution >= 0.6 is 11.3 Å². The Morgan fingerprint density at radius 1 is 1.33 bits per heavy atom. The zero-order chi connectivity index (χ0) is 13.0. The normalized spacial score (nSPS) is 23.9. The fraction of sp³-hybridized carbons (Fsp3) is 0.538. The van der Waals surface area contributed by atoms with Gasteiger partial charge in [0.2, 0.25) is 0 Å². The number of nitrogens with zero attached hydrogens (tertiary/aromatic N) is 1. The molecule has 0 aliphatic carbocycles. The van der Waals surface area contributed by atoms with E-state index in [2.05, 4.69) is 11.8 Å². The number of hydrogen-bond acceptors (Lipinski definition) is 5. The fourth-order valence-electron chi connectivity index (χ4n) is 1.95. The molecule has 0 amide bonds. The fourth-order valence-corrected chi connectivity index (χ4v) is 2.80. The number of aliphatic hydroxyl groups excluding tert-OH is 3. The van der Waals surface area contributed by atoms with Crippen LogP contribution in [0.3, 0.4) is 0 Å². The molecular formula is C13H17NO3S. The van der Waals surface area contributed by atoms with Gasteiger partial charge in [-0.05, 0) is 6.07 Å². The summed E-state index contributed by atoms with van der Waals surface area (Å²) in [6, 6.07) is 2.02. The van der Waals surface area contributed by atoms with Crippen LogP contribution < -0.4 is 0 Å². The Kier molecular flexibility index (Phi) is 4.75. The van der Waals surface area contributed by atoms with Gasteiger partial charge in [-0.25, -0.2) is 0 Å². The smallest absolute Gasteiger partial charge is 0.0938 e. The molecule has 1 fully saturated rings. The molecule has 1 aliphatic rings. The first-order valence-electron chi connectivity index (χ1n) is 5.94. The molecule has 2 atom stereocenters. The van der Waals surface area contributed by atoms with Gasteiger partial charge in [-0.3, -0.25) is 4.90 Å². The Hall–Kier alpha value is -0.900. The lowest BCUT2D eigenvalue weighted by atomic mass is 10.3. The molecule has 3 N–H and O–H groups in total. The van der Waals surface area contributed by atoms with Crippen molar-refractivity contribution < 1.29 is 15.3 Å². The molecule has 18 heavy (non-hydrogen) atoms. The number of β-amino-alcohol motifs (C(OH)–C–C–N with tert-alkyl or cyclic N) is 2. The van der Waals surface area contributed by atoms with Crippen LogP contribution in [0, 0.1) is 11.8 Å². The minimum Gasteiger partial charge on any atom is -0.395 e. The third-order valence-electron chi connectivity index (χ3n) is 2.84. The molecule has 1 saturated heterocycles. The van der Waals surface area contributed by atoms with Crippen molar-refractivity contribution in [1.29, 1.82) is 0 Å². The second kappa shape index (κ2) is 6.32. The zero-order valence-corrected chi connectivity index (χ0v) is 10.9. The predicted octanol–water partition coefficient (Wildman–Crippen LogP) is 0.0194. The summed E-state index contributed by atoms with van der Waals surface area (Å²) >= 11 is 1.63. The Bertz CT molecular complexity index is 439. The zero-order valence-electron chi connectivity index (χ0n) is 10.0. The molecule has 98 valence electrons. The molecule has 2 unspecified atom stereocenters. The second-order valence-corrected chi connectivity index (χ2v) is 5.40. The Labute approximate surface area is 110 Å². The van der Waals surface area contributed by atoms with Crippen molar-refractivity contribution >= 4 is 11.3 Å². The lowest BCUT2D eigenvalue weighted by Crippen LogP contribution is -2.22. The highest BCUT2D eigenvalue weighted by molar-refractivity contribution is 7.10. The first-order valence-corrected chi connectivity index (χ1v) is 6.82. The first kappa shape index (κ1) is 13.5. The van der Waals surface area contributed by atoms with Crippen LogP contribution in [0.5, 0.6) is 0 Å². The summed E-state index contributed by atoms with van der Waals surface area (Å²) in [4.78, 5) is 3.20. The highest BCUT2D eigenvalue weighted by atomic mass is 32.1. The molecule has 2 rings (SSSR count). The van der Waals surface area contributed by atoms with Crippen LogP contribution in [0.1, 0.15) is 16.9 Å². The highest BCUT2D eigenvalue weighted by Crippen LogP contribution is 2.19. The molecule has 1 aliphatic heterocycles. The van der Waals surface area contributed by atoms with Crippen molar-refractivity contribution in [1.82, 2.24) is 4.90 Å². The molecule has 1 aromatic heterocycles. The summed E-state index contributed by atoms with van der Waals surface area (Å²) in [5.41, 5.74) is 0.962. The minimum atomic E-state index is -0.631. The van der Waals surface area contributed by atoms with E-state index in [1.54, 1.807) is 11.3 Å². The maximum Gasteiger partial charge on any atom is 0.0938 e. The van der Waals surface area contributed by atoms with Crippen LogP contribution in [-0.2, 0) is 6.54 Å². The number of rotatable bonds is 3. The number of thiophene rings is 1. The van der Waals surface area contributed by atoms with E-state index in [0.29, 0.717) is 19.5 Å². The van der Waals surface area contributed by atoms with E-state index in [9.17, 15) is 10.2 Å². The summed E-state index contributed by atoms with van der Waals surface area (Å²) in [5, 5.41) is 29.5. The minimum absolute atomic E-state index is 0.0908. The van der Waals surface area contributed by atoms with E-state index in [4.69, 9.17) is 5.11 Å². The van der Waals surface area contributed by atoms with Gasteiger partial charge in [0.05, 0.1) is 18.8 Å². The molecule has 4 nitrogen and oxygen atoms in total. The number of hydrogen-bond donors (Lipinski definition) is 3. The standard InChI is InChI=1S/C13H17NO3S/c15-4-2-1-3-10-5-11(18-9-10)6-14-7-12(16)13(17)8-14/h5,9,12-13,15-17H,2,4,6-8H2. The predicted molar refractivity (Wildman–Crippen MR) is 70.2 cm³/mol. The monoisotopic (exact) mass is 267 g/mol. The van der Waals surface area contributed by atoms with Gasteiger partial charge in [-0.1, -0.05) is 11.8 Å². The van der Waals surface area contributed by atoms with Crippen LogP contribution in [-0.4, -0.2) is 52.1 Å². The SMILES string of the molecule is OCCC#Cc1csc(CN2CC(O)C(O)C2)c1. The molecule has 1 aromatic rings. The maximum absolute atomic E-state index is 9.46. The van der Waals surface area contributed by atoms with Gasteiger partial charge in [0.1, 0.15) is 0 Å². The molecule has 0 radical (unpaired) electrons. The Morgan fingerprint density at radius 3 is 2.72 bits per heavy atom. The van der Waals surface area contributed by atoms with E-state index in [1.165, 1.54) is 4.88 Å². The number of aliphatic hydroxyl groups is 3. The molecule has 0 spiro atoms. The van der Waals surface area contributed by atoms with Gasteiger partial charge in [0, 0.05) is 41.9 Å². The van der Waals surface area contributed by atoms with Crippen LogP contribution in [0.15, 0.2) is 11.4 Å². The summed E-state index contributed by atoms with van der Waals surface area (Å²) < 4.78 is 0. The van der Waals surface area contributed by atoms with Gasteiger partial charge >= 0.3 is 0 Å². The average Bonchev–Trinajstić information content (AvgIpc) is 2.88. The maximum atomic E-state index is 9.46. The van der Waals surface area contributed by atoms with E-state index in [-0.39, 0.29) is 6.61 Å². The van der Waals surface area contributed by atoms with Gasteiger partial charge in [-0.2, -0.15) is 0 Å². The van der Waals surface area contributed by atoms with Crippen LogP contribution in [0.25, 0.3) is 0 Å². The van der Waals surface area contributed by atoms with Crippen molar-refractivity contribution in [3.8, 4) is 11.8 Å². The van der Waals surface area contributed by atoms with Crippen LogP contribution in [0.4, 0.5) is 0 Å². The highest BCUT2D eigenvalue weighted by Gasteiger charge is 2.29. The van der Waals surface area contributed by atoms with Crippen molar-refractivity contribution in [2.24, 2.45) is 0 Å². The third kappa shape index (κ3) is 3.55. The molecule has 0 bridgehead atoms. The van der Waals surface area contributed by atoms with Gasteiger partial charge in [0.15, 0.2) is 0 Å². The average molecular weight is 267 g/mol. The topological polar surface area (TPSA) is 63.9 Å². The van der Waals surface area contributed by atoms with E-state index >= 15 is 0 Å². The van der Waals surface area contributed by atoms with Gasteiger partial charge < -0.3 is 15.3 Å². The van der Waals surface area contributed by atoms with E-state index in [1.807, 2.05) is 16.3 Å². The Balaban J connectivity index is 1.90. The van der Waals surface area contributed by atoms with Crippen molar-refractivity contribution in [3.63, 3.8) is 0 Å². The van der Waals surface area contributed by atoms with Gasteiger partial charge in [0.25, 0.3) is 0 Å². The molecule has 0 aromatic carbocycles. The van der Waals surface area contributed by atoms with Crippen molar-refractivity contribution in [2.45, 2.75) is 25.2 Å². The lowest BCUT2D eigenvalue weighted by molar-refractivity contribution is 0.0572. The molecule has 5 heteroatoms. The summed E-state index contributed by atoms with van der Waals surface area (Å²) in [5.74, 6) is 5.88. The molecule has 2 heterocycles. The van der Waals surface area contributed by atoms with E-state index < -0.39 is 12.2 Å². The molecular weight excluding hydrogens is 250 g/mol. The first-order chi connectivity index (χ1) is 8.69. The van der Waals surface area contributed by atoms with Crippen molar-refractivity contribution in [3.05, 3.63) is 21.9 Å². The van der Waals surface area contributed by atoms with Crippen LogP contribution in [0.2, 0.25) is 0 Å². The largest absolute Gasteiger partial charge is 0.395 e.